The van der Waals surface area contributed by atoms with Crippen LogP contribution < -0.4 is 10.6 Å². The lowest BCUT2D eigenvalue weighted by molar-refractivity contribution is -0.186. The van der Waals surface area contributed by atoms with Crippen molar-refractivity contribution >= 4 is 12.0 Å². The summed E-state index contributed by atoms with van der Waals surface area (Å²) < 4.78 is 18.9. The second-order valence-electron chi connectivity index (χ2n) is 10.8. The second kappa shape index (κ2) is 10.6. The fraction of sp³-hybridized carbons (Fsp3) is 0.692. The van der Waals surface area contributed by atoms with Crippen molar-refractivity contribution < 1.29 is 28.9 Å². The largest absolute Gasteiger partial charge is 0.446 e. The molecule has 34 heavy (non-hydrogen) atoms. The van der Waals surface area contributed by atoms with Crippen LogP contribution in [-0.2, 0) is 16.1 Å². The summed E-state index contributed by atoms with van der Waals surface area (Å²) in [6.07, 6.45) is 1.05. The SMILES string of the molecule is CC(C)NC(=O)O[C@@H]1CC[C@]2(C)C(CC[C@@H](O)[C@H]2CC(=O)NCc2ccc(F)cc2)[C@]1(C)CO. The lowest BCUT2D eigenvalue weighted by Gasteiger charge is -2.60. The maximum atomic E-state index is 13.1. The maximum absolute atomic E-state index is 13.1. The highest BCUT2D eigenvalue weighted by molar-refractivity contribution is 5.76. The minimum Gasteiger partial charge on any atom is -0.446 e. The Morgan fingerprint density at radius 2 is 1.85 bits per heavy atom. The number of hydrogen-bond donors (Lipinski definition) is 4. The Labute approximate surface area is 201 Å². The minimum atomic E-state index is -0.676. The predicted octanol–water partition coefficient (Wildman–Crippen LogP) is 3.52. The monoisotopic (exact) mass is 478 g/mol. The second-order valence-corrected chi connectivity index (χ2v) is 10.8. The standard InChI is InChI=1S/C26H39FN2O5/c1-16(2)29-24(33)34-22-11-12-25(3)19(20(31)9-10-21(25)26(22,4)15-30)13-23(32)28-14-17-5-7-18(27)8-6-17/h5-8,16,19-22,30-31H,9-15H2,1-4H3,(H,28,32)(H,29,33)/t19-,20-,21?,22-,25+,26+/m1/s1. The fourth-order valence-electron chi connectivity index (χ4n) is 6.25. The van der Waals surface area contributed by atoms with E-state index in [1.807, 2.05) is 20.8 Å². The summed E-state index contributed by atoms with van der Waals surface area (Å²) in [7, 11) is 0. The molecule has 0 bridgehead atoms. The van der Waals surface area contributed by atoms with Crippen LogP contribution in [-0.4, -0.2) is 47.1 Å². The van der Waals surface area contributed by atoms with Crippen molar-refractivity contribution in [1.29, 1.82) is 0 Å². The molecule has 1 aromatic carbocycles. The lowest BCUT2D eigenvalue weighted by Crippen LogP contribution is -2.61. The van der Waals surface area contributed by atoms with Crippen molar-refractivity contribution in [1.82, 2.24) is 10.6 Å². The summed E-state index contributed by atoms with van der Waals surface area (Å²) in [6.45, 7) is 7.91. The van der Waals surface area contributed by atoms with E-state index in [-0.39, 0.29) is 49.2 Å². The molecule has 0 spiro atoms. The Balaban J connectivity index is 1.72. The van der Waals surface area contributed by atoms with Crippen LogP contribution in [0, 0.1) is 28.5 Å². The van der Waals surface area contributed by atoms with Gasteiger partial charge < -0.3 is 25.6 Å². The van der Waals surface area contributed by atoms with Crippen LogP contribution in [0.1, 0.15) is 65.4 Å². The molecule has 2 aliphatic rings. The highest BCUT2D eigenvalue weighted by Gasteiger charge is 2.60. The molecule has 3 rings (SSSR count). The molecule has 2 aliphatic carbocycles. The van der Waals surface area contributed by atoms with Crippen LogP contribution in [0.15, 0.2) is 24.3 Å². The average Bonchev–Trinajstić information content (AvgIpc) is 2.77. The van der Waals surface area contributed by atoms with E-state index in [1.165, 1.54) is 12.1 Å². The number of hydrogen-bond acceptors (Lipinski definition) is 5. The molecular weight excluding hydrogens is 439 g/mol. The van der Waals surface area contributed by atoms with Gasteiger partial charge in [-0.05, 0) is 74.5 Å². The zero-order chi connectivity index (χ0) is 25.1. The molecule has 4 N–H and O–H groups in total. The van der Waals surface area contributed by atoms with Crippen molar-refractivity contribution in [3.05, 3.63) is 35.6 Å². The van der Waals surface area contributed by atoms with Gasteiger partial charge >= 0.3 is 6.09 Å². The quantitative estimate of drug-likeness (QED) is 0.480. The molecule has 8 heteroatoms. The number of halogens is 1. The number of rotatable bonds is 7. The highest BCUT2D eigenvalue weighted by atomic mass is 19.1. The van der Waals surface area contributed by atoms with Crippen molar-refractivity contribution in [2.45, 2.75) is 84.6 Å². The van der Waals surface area contributed by atoms with Crippen LogP contribution in [0.3, 0.4) is 0 Å². The summed E-state index contributed by atoms with van der Waals surface area (Å²) in [5.74, 6) is -0.798. The van der Waals surface area contributed by atoms with Gasteiger partial charge in [0, 0.05) is 24.4 Å². The van der Waals surface area contributed by atoms with E-state index in [9.17, 15) is 24.2 Å². The topological polar surface area (TPSA) is 108 Å². The summed E-state index contributed by atoms with van der Waals surface area (Å²) in [4.78, 5) is 25.1. The number of nitrogens with one attached hydrogen (secondary N) is 2. The first-order valence-electron chi connectivity index (χ1n) is 12.3. The number of carbonyl (C=O) groups excluding carboxylic acids is 2. The van der Waals surface area contributed by atoms with Gasteiger partial charge in [-0.1, -0.05) is 26.0 Å². The van der Waals surface area contributed by atoms with Crippen LogP contribution >= 0.6 is 0 Å². The molecule has 0 saturated heterocycles. The molecule has 0 radical (unpaired) electrons. The first-order valence-corrected chi connectivity index (χ1v) is 12.3. The molecule has 0 heterocycles. The Morgan fingerprint density at radius 1 is 1.18 bits per heavy atom. The average molecular weight is 479 g/mol. The molecule has 190 valence electrons. The van der Waals surface area contributed by atoms with Gasteiger partial charge in [0.2, 0.25) is 5.91 Å². The van der Waals surface area contributed by atoms with E-state index in [4.69, 9.17) is 4.74 Å². The van der Waals surface area contributed by atoms with Crippen molar-refractivity contribution in [2.24, 2.45) is 22.7 Å². The Hall–Kier alpha value is -2.19. The highest BCUT2D eigenvalue weighted by Crippen LogP contribution is 2.61. The predicted molar refractivity (Wildman–Crippen MR) is 126 cm³/mol. The van der Waals surface area contributed by atoms with Gasteiger partial charge in [0.15, 0.2) is 0 Å². The number of alkyl carbamates (subject to hydrolysis) is 1. The molecular formula is C26H39FN2O5. The first-order chi connectivity index (χ1) is 16.0. The van der Waals surface area contributed by atoms with Gasteiger partial charge in [-0.2, -0.15) is 0 Å². The van der Waals surface area contributed by atoms with Crippen molar-refractivity contribution in [3.8, 4) is 0 Å². The van der Waals surface area contributed by atoms with E-state index in [1.54, 1.807) is 12.1 Å². The summed E-state index contributed by atoms with van der Waals surface area (Å²) >= 11 is 0. The first kappa shape index (κ1) is 26.4. The lowest BCUT2D eigenvalue weighted by atomic mass is 9.46. The van der Waals surface area contributed by atoms with E-state index in [0.29, 0.717) is 25.7 Å². The van der Waals surface area contributed by atoms with Gasteiger partial charge in [0.1, 0.15) is 11.9 Å². The van der Waals surface area contributed by atoms with Crippen LogP contribution in [0.5, 0.6) is 0 Å². The molecule has 0 aliphatic heterocycles. The van der Waals surface area contributed by atoms with Gasteiger partial charge in [0.25, 0.3) is 0 Å². The number of ether oxygens (including phenoxy) is 1. The van der Waals surface area contributed by atoms with Gasteiger partial charge in [-0.15, -0.1) is 0 Å². The van der Waals surface area contributed by atoms with Gasteiger partial charge in [-0.3, -0.25) is 4.79 Å². The molecule has 1 aromatic rings. The fourth-order valence-corrected chi connectivity index (χ4v) is 6.25. The normalized spacial score (nSPS) is 33.2. The summed E-state index contributed by atoms with van der Waals surface area (Å²) in [6, 6.07) is 5.92. The zero-order valence-electron chi connectivity index (χ0n) is 20.6. The third-order valence-electron chi connectivity index (χ3n) is 8.14. The van der Waals surface area contributed by atoms with Crippen LogP contribution in [0.4, 0.5) is 9.18 Å². The molecule has 2 fully saturated rings. The third-order valence-corrected chi connectivity index (χ3v) is 8.14. The molecule has 2 amide bonds. The van der Waals surface area contributed by atoms with Crippen molar-refractivity contribution in [3.63, 3.8) is 0 Å². The number of fused-ring (bicyclic) bond motifs is 1. The van der Waals surface area contributed by atoms with E-state index >= 15 is 0 Å². The molecule has 0 aromatic heterocycles. The third kappa shape index (κ3) is 5.54. The van der Waals surface area contributed by atoms with E-state index in [2.05, 4.69) is 17.6 Å². The molecule has 1 unspecified atom stereocenters. The maximum Gasteiger partial charge on any atom is 0.407 e. The van der Waals surface area contributed by atoms with Crippen LogP contribution in [0.2, 0.25) is 0 Å². The summed E-state index contributed by atoms with van der Waals surface area (Å²) in [5, 5.41) is 27.0. The molecule has 6 atom stereocenters. The number of aliphatic hydroxyl groups excluding tert-OH is 2. The molecule has 2 saturated carbocycles. The van der Waals surface area contributed by atoms with Crippen LogP contribution in [0.25, 0.3) is 0 Å². The molecule has 7 nitrogen and oxygen atoms in total. The van der Waals surface area contributed by atoms with E-state index in [0.717, 1.165) is 5.56 Å². The zero-order valence-corrected chi connectivity index (χ0v) is 20.6. The number of amides is 2. The van der Waals surface area contributed by atoms with Crippen molar-refractivity contribution in [2.75, 3.05) is 6.61 Å². The summed E-state index contributed by atoms with van der Waals surface area (Å²) in [5.41, 5.74) is -0.269. The number of aliphatic hydroxyl groups is 2. The number of benzene rings is 1. The smallest absolute Gasteiger partial charge is 0.407 e. The minimum absolute atomic E-state index is 0.0195. The van der Waals surface area contributed by atoms with Gasteiger partial charge in [-0.25, -0.2) is 9.18 Å². The number of carbonyl (C=O) groups is 2. The van der Waals surface area contributed by atoms with E-state index < -0.39 is 29.1 Å². The Kier molecular flexibility index (Phi) is 8.24. The Bertz CT molecular complexity index is 863. The van der Waals surface area contributed by atoms with Gasteiger partial charge in [0.05, 0.1) is 12.7 Å². The Morgan fingerprint density at radius 3 is 2.47 bits per heavy atom.